The van der Waals surface area contributed by atoms with Gasteiger partial charge < -0.3 is 9.32 Å². The number of para-hydroxylation sites is 1. The molecule has 13 rings (SSSR count). The van der Waals surface area contributed by atoms with Crippen LogP contribution >= 0.6 is 0 Å². The minimum atomic E-state index is -0.468. The summed E-state index contributed by atoms with van der Waals surface area (Å²) in [7, 11) is 0. The van der Waals surface area contributed by atoms with Gasteiger partial charge in [-0.25, -0.2) is 0 Å². The molecule has 0 aliphatic heterocycles. The average molecular weight is 802 g/mol. The molecule has 11 aromatic carbocycles. The van der Waals surface area contributed by atoms with E-state index in [4.69, 9.17) is 4.42 Å². The summed E-state index contributed by atoms with van der Waals surface area (Å²) >= 11 is 0. The van der Waals surface area contributed by atoms with Gasteiger partial charge in [-0.1, -0.05) is 182 Å². The maximum absolute atomic E-state index is 6.43. The third-order valence-corrected chi connectivity index (χ3v) is 13.5. The van der Waals surface area contributed by atoms with E-state index in [9.17, 15) is 0 Å². The van der Waals surface area contributed by atoms with Gasteiger partial charge in [-0.05, 0) is 125 Å². The van der Waals surface area contributed by atoms with Crippen LogP contribution in [0.4, 0.5) is 17.1 Å². The second-order valence-corrected chi connectivity index (χ2v) is 16.8. The molecule has 1 aromatic heterocycles. The van der Waals surface area contributed by atoms with Crippen molar-refractivity contribution in [3.8, 4) is 22.3 Å². The molecule has 0 fully saturated rings. The average Bonchev–Trinajstić information content (AvgIpc) is 3.88. The molecule has 0 spiro atoms. The highest BCUT2D eigenvalue weighted by atomic mass is 16.3. The van der Waals surface area contributed by atoms with Gasteiger partial charge in [-0.15, -0.1) is 0 Å². The fourth-order valence-corrected chi connectivity index (χ4v) is 10.7. The SMILES string of the molecule is c1ccc(C2(c3cccc(-c4ccc(N(c5ccc(-c6cccc7ccccc67)cc5)c5ccc6c(c5)oc5ccccc56)cc4)c3)c3cccc4ccc5cccc2c5c34)cc1. The number of hydrogen-bond donors (Lipinski definition) is 0. The zero-order chi connectivity index (χ0) is 41.5. The van der Waals surface area contributed by atoms with Crippen molar-refractivity contribution < 1.29 is 4.42 Å². The Morgan fingerprint density at radius 1 is 0.317 bits per heavy atom. The van der Waals surface area contributed by atoms with E-state index in [-0.39, 0.29) is 0 Å². The second-order valence-electron chi connectivity index (χ2n) is 16.8. The zero-order valence-electron chi connectivity index (χ0n) is 34.4. The quantitative estimate of drug-likeness (QED) is 0.149. The van der Waals surface area contributed by atoms with Crippen LogP contribution in [0.2, 0.25) is 0 Å². The molecule has 1 heterocycles. The first-order valence-corrected chi connectivity index (χ1v) is 21.7. The van der Waals surface area contributed by atoms with Crippen molar-refractivity contribution in [3.63, 3.8) is 0 Å². The molecule has 0 saturated carbocycles. The van der Waals surface area contributed by atoms with E-state index < -0.39 is 5.41 Å². The molecule has 0 bridgehead atoms. The number of nitrogens with zero attached hydrogens (tertiary/aromatic N) is 1. The van der Waals surface area contributed by atoms with E-state index in [2.05, 4.69) is 229 Å². The van der Waals surface area contributed by atoms with Crippen molar-refractivity contribution in [2.75, 3.05) is 4.90 Å². The lowest BCUT2D eigenvalue weighted by Crippen LogP contribution is -2.28. The Morgan fingerprint density at radius 2 is 0.873 bits per heavy atom. The number of benzene rings is 11. The highest BCUT2D eigenvalue weighted by Gasteiger charge is 2.45. The Kier molecular flexibility index (Phi) is 7.85. The third kappa shape index (κ3) is 5.38. The van der Waals surface area contributed by atoms with Crippen molar-refractivity contribution in [2.24, 2.45) is 0 Å². The Hall–Kier alpha value is -8.20. The molecule has 1 aliphatic rings. The van der Waals surface area contributed by atoms with E-state index in [1.807, 2.05) is 12.1 Å². The summed E-state index contributed by atoms with van der Waals surface area (Å²) in [4.78, 5) is 2.33. The van der Waals surface area contributed by atoms with Crippen molar-refractivity contribution in [1.29, 1.82) is 0 Å². The van der Waals surface area contributed by atoms with Crippen LogP contribution in [-0.4, -0.2) is 0 Å². The molecule has 63 heavy (non-hydrogen) atoms. The molecule has 0 N–H and O–H groups in total. The normalized spacial score (nSPS) is 12.9. The Labute approximate surface area is 365 Å². The van der Waals surface area contributed by atoms with Crippen LogP contribution in [-0.2, 0) is 5.41 Å². The molecule has 0 atom stereocenters. The first kappa shape index (κ1) is 35.5. The van der Waals surface area contributed by atoms with Gasteiger partial charge in [0.15, 0.2) is 0 Å². The predicted molar refractivity (Wildman–Crippen MR) is 264 cm³/mol. The summed E-state index contributed by atoms with van der Waals surface area (Å²) in [5.74, 6) is 0. The second kappa shape index (κ2) is 13.9. The topological polar surface area (TPSA) is 16.4 Å². The summed E-state index contributed by atoms with van der Waals surface area (Å²) in [5, 5.41) is 10.0. The van der Waals surface area contributed by atoms with Crippen LogP contribution < -0.4 is 4.90 Å². The summed E-state index contributed by atoms with van der Waals surface area (Å²) < 4.78 is 6.43. The van der Waals surface area contributed by atoms with Gasteiger partial charge in [-0.2, -0.15) is 0 Å². The van der Waals surface area contributed by atoms with Crippen LogP contribution in [0, 0.1) is 0 Å². The molecule has 294 valence electrons. The first-order valence-electron chi connectivity index (χ1n) is 21.7. The van der Waals surface area contributed by atoms with Crippen LogP contribution in [0.15, 0.2) is 241 Å². The minimum absolute atomic E-state index is 0.468. The smallest absolute Gasteiger partial charge is 0.137 e. The molecule has 2 nitrogen and oxygen atoms in total. The number of furan rings is 1. The lowest BCUT2D eigenvalue weighted by molar-refractivity contribution is 0.669. The van der Waals surface area contributed by atoms with Gasteiger partial charge in [0, 0.05) is 33.9 Å². The lowest BCUT2D eigenvalue weighted by atomic mass is 9.67. The van der Waals surface area contributed by atoms with Gasteiger partial charge in [-0.3, -0.25) is 0 Å². The number of anilines is 3. The Bertz CT molecular complexity index is 3660. The monoisotopic (exact) mass is 801 g/mol. The predicted octanol–water partition coefficient (Wildman–Crippen LogP) is 16.5. The maximum atomic E-state index is 6.43. The Balaban J connectivity index is 0.933. The molecule has 0 saturated heterocycles. The van der Waals surface area contributed by atoms with E-state index in [0.717, 1.165) is 44.6 Å². The van der Waals surface area contributed by atoms with Crippen molar-refractivity contribution in [2.45, 2.75) is 5.41 Å². The summed E-state index contributed by atoms with van der Waals surface area (Å²) in [5.41, 5.74) is 14.4. The van der Waals surface area contributed by atoms with Crippen LogP contribution in [0.25, 0.3) is 76.5 Å². The number of fused-ring (bicyclic) bond motifs is 4. The minimum Gasteiger partial charge on any atom is -0.456 e. The first-order chi connectivity index (χ1) is 31.2. The highest BCUT2D eigenvalue weighted by molar-refractivity contribution is 6.16. The molecule has 2 heteroatoms. The van der Waals surface area contributed by atoms with E-state index >= 15 is 0 Å². The molecule has 12 aromatic rings. The fourth-order valence-electron chi connectivity index (χ4n) is 10.7. The lowest BCUT2D eigenvalue weighted by Gasteiger charge is -2.34. The van der Waals surface area contributed by atoms with Gasteiger partial charge in [0.25, 0.3) is 0 Å². The molecular weight excluding hydrogens is 763 g/mol. The molecule has 0 unspecified atom stereocenters. The highest BCUT2D eigenvalue weighted by Crippen LogP contribution is 2.56. The van der Waals surface area contributed by atoms with Crippen LogP contribution in [0.3, 0.4) is 0 Å². The fraction of sp³-hybridized carbons (Fsp3) is 0.0164. The van der Waals surface area contributed by atoms with Gasteiger partial charge in [0.05, 0.1) is 5.41 Å². The zero-order valence-corrected chi connectivity index (χ0v) is 34.4. The van der Waals surface area contributed by atoms with E-state index in [0.29, 0.717) is 0 Å². The van der Waals surface area contributed by atoms with E-state index in [1.54, 1.807) is 0 Å². The summed E-state index contributed by atoms with van der Waals surface area (Å²) in [6, 6.07) is 86.5. The number of rotatable bonds is 7. The van der Waals surface area contributed by atoms with Crippen molar-refractivity contribution in [3.05, 3.63) is 259 Å². The summed E-state index contributed by atoms with van der Waals surface area (Å²) in [6.07, 6.45) is 0. The largest absolute Gasteiger partial charge is 0.456 e. The van der Waals surface area contributed by atoms with Crippen molar-refractivity contribution >= 4 is 71.3 Å². The summed E-state index contributed by atoms with van der Waals surface area (Å²) in [6.45, 7) is 0. The maximum Gasteiger partial charge on any atom is 0.137 e. The Morgan fingerprint density at radius 3 is 1.62 bits per heavy atom. The van der Waals surface area contributed by atoms with Gasteiger partial charge in [0.1, 0.15) is 11.2 Å². The van der Waals surface area contributed by atoms with Gasteiger partial charge >= 0.3 is 0 Å². The number of hydrogen-bond acceptors (Lipinski definition) is 2. The van der Waals surface area contributed by atoms with Gasteiger partial charge in [0.2, 0.25) is 0 Å². The molecule has 0 radical (unpaired) electrons. The van der Waals surface area contributed by atoms with Crippen LogP contribution in [0.5, 0.6) is 0 Å². The standard InChI is InChI=1S/C61H39NO/c1-2-17-46(18-3-1)61(55-23-10-14-43-26-27-44-15-11-24-56(61)60(44)59(43)55)47-19-8-16-45(38-47)40-28-32-48(33-29-40)62(50-36-37-54-53-21-6-7-25-57(53)63-58(54)39-50)49-34-30-42(31-35-49)52-22-9-13-41-12-4-5-20-51(41)52/h1-39H. The van der Waals surface area contributed by atoms with E-state index in [1.165, 1.54) is 71.3 Å². The molecule has 0 amide bonds. The molecule has 1 aliphatic carbocycles. The van der Waals surface area contributed by atoms with Crippen LogP contribution in [0.1, 0.15) is 22.3 Å². The third-order valence-electron chi connectivity index (χ3n) is 13.5. The molecular formula is C61H39NO. The van der Waals surface area contributed by atoms with Crippen molar-refractivity contribution in [1.82, 2.24) is 0 Å².